The van der Waals surface area contributed by atoms with E-state index in [0.29, 0.717) is 25.7 Å². The molecule has 0 bridgehead atoms. The van der Waals surface area contributed by atoms with Gasteiger partial charge in [0.1, 0.15) is 18.8 Å². The van der Waals surface area contributed by atoms with E-state index in [2.05, 4.69) is 142 Å². The first-order valence-corrected chi connectivity index (χ1v) is 33.2. The largest absolute Gasteiger partial charge is 0.479 e. The molecule has 0 aromatic heterocycles. The van der Waals surface area contributed by atoms with Gasteiger partial charge in [0.2, 0.25) is 0 Å². The van der Waals surface area contributed by atoms with Crippen LogP contribution in [-0.2, 0) is 42.9 Å². The van der Waals surface area contributed by atoms with E-state index in [1.165, 1.54) is 51.4 Å². The summed E-state index contributed by atoms with van der Waals surface area (Å²) in [4.78, 5) is 51.4. The van der Waals surface area contributed by atoms with Crippen LogP contribution in [0.4, 0.5) is 0 Å². The zero-order valence-electron chi connectivity index (χ0n) is 53.1. The van der Waals surface area contributed by atoms with Gasteiger partial charge in [0.25, 0.3) is 0 Å². The van der Waals surface area contributed by atoms with Gasteiger partial charge in [-0.25, -0.2) is 4.79 Å². The predicted molar refractivity (Wildman–Crippen MR) is 349 cm³/mol. The number of carboxylic acids is 1. The third-order valence-corrected chi connectivity index (χ3v) is 14.2. The molecule has 0 aliphatic carbocycles. The fraction of sp³-hybridized carbons (Fsp3) is 0.644. The Balaban J connectivity index is 2.70. The number of carbonyl (C=O) groups is 4. The number of allylic oxidation sites excluding steroid dienone is 22. The van der Waals surface area contributed by atoms with Gasteiger partial charge >= 0.3 is 23.9 Å². The Hall–Kier alpha value is -5.14. The number of unbranched alkanes of at least 4 members (excludes halogenated alkanes) is 19. The highest BCUT2D eigenvalue weighted by molar-refractivity contribution is 5.74. The molecule has 0 spiro atoms. The average molecular weight is 1190 g/mol. The lowest BCUT2D eigenvalue weighted by Gasteiger charge is -2.40. The summed E-state index contributed by atoms with van der Waals surface area (Å²) in [6.07, 6.45) is 71.2. The summed E-state index contributed by atoms with van der Waals surface area (Å²) in [5, 5.41) is 31.6. The van der Waals surface area contributed by atoms with Crippen LogP contribution in [0.25, 0.3) is 0 Å². The highest BCUT2D eigenvalue weighted by Gasteiger charge is 2.50. The first kappa shape index (κ1) is 77.9. The van der Waals surface area contributed by atoms with Crippen LogP contribution < -0.4 is 0 Å². The molecule has 3 N–H and O–H groups in total. The fourth-order valence-corrected chi connectivity index (χ4v) is 9.19. The van der Waals surface area contributed by atoms with Crippen LogP contribution in [0.1, 0.15) is 252 Å². The molecule has 85 heavy (non-hydrogen) atoms. The van der Waals surface area contributed by atoms with Crippen molar-refractivity contribution < 1.29 is 58.2 Å². The van der Waals surface area contributed by atoms with E-state index in [9.17, 15) is 34.5 Å². The van der Waals surface area contributed by atoms with Gasteiger partial charge in [-0.05, 0) is 128 Å². The zero-order chi connectivity index (χ0) is 61.7. The van der Waals surface area contributed by atoms with Crippen molar-refractivity contribution in [3.63, 3.8) is 0 Å². The third-order valence-electron chi connectivity index (χ3n) is 14.2. The number of ether oxygens (including phenoxy) is 5. The van der Waals surface area contributed by atoms with Crippen LogP contribution >= 0.6 is 0 Å². The smallest absolute Gasteiger partial charge is 0.335 e. The lowest BCUT2D eigenvalue weighted by Crippen LogP contribution is -2.61. The van der Waals surface area contributed by atoms with Crippen molar-refractivity contribution >= 4 is 23.9 Å². The van der Waals surface area contributed by atoms with Crippen LogP contribution in [0.3, 0.4) is 0 Å². The maximum atomic E-state index is 13.2. The molecule has 0 radical (unpaired) electrons. The summed E-state index contributed by atoms with van der Waals surface area (Å²) in [5.74, 6) is -3.23. The van der Waals surface area contributed by atoms with E-state index in [4.69, 9.17) is 23.7 Å². The molecule has 1 aliphatic heterocycles. The number of carboxylic acid groups (broad SMARTS) is 1. The fourth-order valence-electron chi connectivity index (χ4n) is 9.19. The monoisotopic (exact) mass is 1180 g/mol. The van der Waals surface area contributed by atoms with Crippen molar-refractivity contribution in [3.8, 4) is 0 Å². The molecule has 0 amide bonds. The van der Waals surface area contributed by atoms with Crippen LogP contribution in [0.15, 0.2) is 134 Å². The Morgan fingerprint density at radius 2 is 0.753 bits per heavy atom. The molecule has 1 aliphatic rings. The van der Waals surface area contributed by atoms with E-state index in [1.54, 1.807) is 0 Å². The maximum absolute atomic E-state index is 13.2. The van der Waals surface area contributed by atoms with E-state index < -0.39 is 67.3 Å². The normalized spacial score (nSPS) is 18.3. The molecule has 6 unspecified atom stereocenters. The zero-order valence-corrected chi connectivity index (χ0v) is 53.1. The first-order valence-electron chi connectivity index (χ1n) is 33.2. The Kier molecular flexibility index (Phi) is 54.2. The highest BCUT2D eigenvalue weighted by atomic mass is 16.7. The van der Waals surface area contributed by atoms with Crippen molar-refractivity contribution in [2.45, 2.75) is 289 Å². The van der Waals surface area contributed by atoms with Crippen LogP contribution in [0, 0.1) is 0 Å². The van der Waals surface area contributed by atoms with Crippen LogP contribution in [-0.4, -0.2) is 89.2 Å². The summed E-state index contributed by atoms with van der Waals surface area (Å²) >= 11 is 0. The van der Waals surface area contributed by atoms with Gasteiger partial charge in [0.15, 0.2) is 24.6 Å². The Morgan fingerprint density at radius 1 is 0.400 bits per heavy atom. The topological polar surface area (TPSA) is 175 Å². The number of rotatable bonds is 55. The van der Waals surface area contributed by atoms with Crippen molar-refractivity contribution in [2.24, 2.45) is 0 Å². The summed E-state index contributed by atoms with van der Waals surface area (Å²) in [7, 11) is 0. The number of carbonyl (C=O) groups excluding carboxylic acids is 3. The number of esters is 3. The van der Waals surface area contributed by atoms with Gasteiger partial charge < -0.3 is 39.0 Å². The van der Waals surface area contributed by atoms with Gasteiger partial charge in [-0.2, -0.15) is 0 Å². The second-order valence-electron chi connectivity index (χ2n) is 22.0. The minimum atomic E-state index is -1.92. The number of hydrogen-bond acceptors (Lipinski definition) is 11. The Bertz CT molecular complexity index is 1990. The Morgan fingerprint density at radius 3 is 1.16 bits per heavy atom. The number of aliphatic hydroxyl groups is 2. The Labute approximate surface area is 515 Å². The lowest BCUT2D eigenvalue weighted by atomic mass is 9.98. The molecule has 0 aromatic rings. The number of hydrogen-bond donors (Lipinski definition) is 3. The summed E-state index contributed by atoms with van der Waals surface area (Å²) in [6.45, 7) is 5.70. The van der Waals surface area contributed by atoms with Gasteiger partial charge in [-0.1, -0.05) is 238 Å². The second kappa shape index (κ2) is 59.2. The minimum absolute atomic E-state index is 0.0407. The molecule has 1 rings (SSSR count). The summed E-state index contributed by atoms with van der Waals surface area (Å²) < 4.78 is 28.5. The lowest BCUT2D eigenvalue weighted by molar-refractivity contribution is -0.301. The molecule has 12 nitrogen and oxygen atoms in total. The van der Waals surface area contributed by atoms with Gasteiger partial charge in [-0.3, -0.25) is 14.4 Å². The highest BCUT2D eigenvalue weighted by Crippen LogP contribution is 2.26. The molecule has 0 saturated carbocycles. The van der Waals surface area contributed by atoms with E-state index in [0.717, 1.165) is 135 Å². The average Bonchev–Trinajstić information content (AvgIpc) is 3.53. The van der Waals surface area contributed by atoms with Crippen LogP contribution in [0.5, 0.6) is 0 Å². The van der Waals surface area contributed by atoms with Gasteiger partial charge in [0.05, 0.1) is 6.61 Å². The molecular weight excluding hydrogens is 1070 g/mol. The molecular formula is C73H116O12. The van der Waals surface area contributed by atoms with E-state index in [1.807, 2.05) is 12.2 Å². The molecule has 1 fully saturated rings. The number of aliphatic hydroxyl groups excluding tert-OH is 2. The SMILES string of the molecule is CC/C=C\C/C=C\C/C=C\C/C=C\C/C=C\CCCC(=O)OC(COC(=O)CCCCCCCC/C=C\C/C=C\C/C=C\C/C=C\CC)COC1OC(C(=O)O)C(O)C(O)C1OC(=O)CCCCCCCCCCC/C=C\C/C=C\CCCCC. The first-order chi connectivity index (χ1) is 41.6. The number of aliphatic carboxylic acids is 1. The molecule has 480 valence electrons. The molecule has 1 saturated heterocycles. The standard InChI is InChI=1S/C73H116O12/c1-4-7-10-13-16-19-22-25-28-31-33-36-38-41-44-47-50-53-56-59-65(74)81-62-64(83-66(75)60-57-54-51-48-45-42-39-35-30-27-24-21-18-15-12-9-6-3)63-82-73-71(69(78)68(77)70(85-73)72(79)80)84-67(76)61-58-55-52-49-46-43-40-37-34-32-29-26-23-20-17-14-11-8-5-2/h7,9-10,12,16-21,25-30,33,36,39,42,48,51,64,68-71,73,77-78H,4-6,8,11,13-15,22-24,31-32,34-35,37-38,40-41,43-47,49-50,52-63H2,1-3H3,(H,79,80)/b10-7-,12-9-,19-16-,20-17-,21-18-,28-25-,29-26-,30-27-,36-33-,42-39-,51-48-. The molecule has 1 heterocycles. The predicted octanol–water partition coefficient (Wildman–Crippen LogP) is 18.1. The van der Waals surface area contributed by atoms with Crippen molar-refractivity contribution in [1.29, 1.82) is 0 Å². The van der Waals surface area contributed by atoms with E-state index in [-0.39, 0.29) is 25.9 Å². The summed E-state index contributed by atoms with van der Waals surface area (Å²) in [6, 6.07) is 0. The second-order valence-corrected chi connectivity index (χ2v) is 22.0. The van der Waals surface area contributed by atoms with Crippen LogP contribution in [0.2, 0.25) is 0 Å². The molecule has 0 aromatic carbocycles. The van der Waals surface area contributed by atoms with E-state index >= 15 is 0 Å². The van der Waals surface area contributed by atoms with Crippen molar-refractivity contribution in [3.05, 3.63) is 134 Å². The minimum Gasteiger partial charge on any atom is -0.479 e. The van der Waals surface area contributed by atoms with Gasteiger partial charge in [-0.15, -0.1) is 0 Å². The van der Waals surface area contributed by atoms with Crippen molar-refractivity contribution in [2.75, 3.05) is 13.2 Å². The van der Waals surface area contributed by atoms with Crippen molar-refractivity contribution in [1.82, 2.24) is 0 Å². The van der Waals surface area contributed by atoms with Gasteiger partial charge in [0, 0.05) is 19.3 Å². The molecule has 12 heteroatoms. The maximum Gasteiger partial charge on any atom is 0.335 e. The third kappa shape index (κ3) is 48.6. The molecule has 6 atom stereocenters. The quantitative estimate of drug-likeness (QED) is 0.0228. The summed E-state index contributed by atoms with van der Waals surface area (Å²) in [5.41, 5.74) is 0.